The van der Waals surface area contributed by atoms with Crippen LogP contribution in [0.3, 0.4) is 0 Å². The van der Waals surface area contributed by atoms with Crippen molar-refractivity contribution in [2.45, 2.75) is 18.8 Å². The zero-order chi connectivity index (χ0) is 18.9. The number of esters is 1. The SMILES string of the molecule is CC(SCC(=O)Nc1ccc(F)cc1)C(=O)OCc1cccc(C#N)c1. The van der Waals surface area contributed by atoms with Crippen molar-refractivity contribution >= 4 is 29.3 Å². The van der Waals surface area contributed by atoms with Crippen LogP contribution >= 0.6 is 11.8 Å². The van der Waals surface area contributed by atoms with Crippen LogP contribution in [-0.4, -0.2) is 22.9 Å². The van der Waals surface area contributed by atoms with E-state index >= 15 is 0 Å². The molecular weight excluding hydrogens is 355 g/mol. The molecule has 1 N–H and O–H groups in total. The van der Waals surface area contributed by atoms with Gasteiger partial charge in [0.25, 0.3) is 0 Å². The second-order valence-corrected chi connectivity index (χ2v) is 6.76. The van der Waals surface area contributed by atoms with E-state index in [2.05, 4.69) is 5.32 Å². The largest absolute Gasteiger partial charge is 0.460 e. The zero-order valence-electron chi connectivity index (χ0n) is 14.1. The summed E-state index contributed by atoms with van der Waals surface area (Å²) in [5.41, 5.74) is 1.71. The summed E-state index contributed by atoms with van der Waals surface area (Å²) in [5, 5.41) is 11.0. The smallest absolute Gasteiger partial charge is 0.319 e. The number of benzene rings is 2. The van der Waals surface area contributed by atoms with Gasteiger partial charge in [0.05, 0.1) is 17.4 Å². The Kier molecular flexibility index (Phi) is 7.18. The van der Waals surface area contributed by atoms with Gasteiger partial charge in [-0.2, -0.15) is 5.26 Å². The highest BCUT2D eigenvalue weighted by Crippen LogP contribution is 2.15. The van der Waals surface area contributed by atoms with Crippen molar-refractivity contribution in [3.8, 4) is 6.07 Å². The Balaban J connectivity index is 1.75. The number of hydrogen-bond acceptors (Lipinski definition) is 5. The number of carbonyl (C=O) groups is 2. The van der Waals surface area contributed by atoms with Crippen LogP contribution in [0.4, 0.5) is 10.1 Å². The molecule has 2 aromatic rings. The molecule has 7 heteroatoms. The molecule has 5 nitrogen and oxygen atoms in total. The van der Waals surface area contributed by atoms with E-state index in [-0.39, 0.29) is 24.1 Å². The van der Waals surface area contributed by atoms with Crippen LogP contribution in [-0.2, 0) is 20.9 Å². The van der Waals surface area contributed by atoms with Crippen molar-refractivity contribution in [1.82, 2.24) is 0 Å². The van der Waals surface area contributed by atoms with Gasteiger partial charge in [-0.05, 0) is 48.9 Å². The maximum Gasteiger partial charge on any atom is 0.319 e. The van der Waals surface area contributed by atoms with E-state index in [1.165, 1.54) is 24.3 Å². The minimum atomic E-state index is -0.520. The van der Waals surface area contributed by atoms with Crippen LogP contribution in [0, 0.1) is 17.1 Å². The molecule has 1 atom stereocenters. The van der Waals surface area contributed by atoms with Crippen LogP contribution in [0.5, 0.6) is 0 Å². The predicted octanol–water partition coefficient (Wildman–Crippen LogP) is 3.50. The molecule has 0 aliphatic rings. The molecule has 0 aromatic heterocycles. The molecule has 0 fully saturated rings. The number of nitriles is 1. The highest BCUT2D eigenvalue weighted by molar-refractivity contribution is 8.01. The van der Waals surface area contributed by atoms with Gasteiger partial charge in [0.15, 0.2) is 0 Å². The molecule has 26 heavy (non-hydrogen) atoms. The molecular formula is C19H17FN2O3S. The third kappa shape index (κ3) is 6.22. The van der Waals surface area contributed by atoms with E-state index in [0.717, 1.165) is 17.3 Å². The molecule has 0 bridgehead atoms. The first-order valence-corrected chi connectivity index (χ1v) is 8.85. The highest BCUT2D eigenvalue weighted by Gasteiger charge is 2.17. The molecule has 1 unspecified atom stereocenters. The average Bonchev–Trinajstić information content (AvgIpc) is 2.66. The Labute approximate surface area is 155 Å². The average molecular weight is 372 g/mol. The number of anilines is 1. The topological polar surface area (TPSA) is 79.2 Å². The maximum absolute atomic E-state index is 12.8. The fourth-order valence-corrected chi connectivity index (χ4v) is 2.68. The van der Waals surface area contributed by atoms with Gasteiger partial charge in [-0.1, -0.05) is 12.1 Å². The fraction of sp³-hybridized carbons (Fsp3) is 0.211. The van der Waals surface area contributed by atoms with E-state index in [4.69, 9.17) is 10.00 Å². The molecule has 0 aliphatic heterocycles. The molecule has 0 saturated heterocycles. The van der Waals surface area contributed by atoms with Gasteiger partial charge < -0.3 is 10.1 Å². The summed E-state index contributed by atoms with van der Waals surface area (Å²) in [4.78, 5) is 23.9. The lowest BCUT2D eigenvalue weighted by molar-refractivity contribution is -0.143. The van der Waals surface area contributed by atoms with Crippen LogP contribution in [0.25, 0.3) is 0 Å². The predicted molar refractivity (Wildman–Crippen MR) is 97.9 cm³/mol. The number of amides is 1. The summed E-state index contributed by atoms with van der Waals surface area (Å²) in [5.74, 6) is -1.04. The summed E-state index contributed by atoms with van der Waals surface area (Å²) in [6, 6.07) is 14.3. The summed E-state index contributed by atoms with van der Waals surface area (Å²) in [7, 11) is 0. The minimum Gasteiger partial charge on any atom is -0.460 e. The first-order chi connectivity index (χ1) is 12.5. The Morgan fingerprint density at radius 1 is 1.27 bits per heavy atom. The molecule has 0 saturated carbocycles. The molecule has 0 aliphatic carbocycles. The van der Waals surface area contributed by atoms with Crippen molar-refractivity contribution in [3.63, 3.8) is 0 Å². The lowest BCUT2D eigenvalue weighted by Gasteiger charge is -2.11. The first kappa shape index (κ1) is 19.5. The number of hydrogen-bond donors (Lipinski definition) is 1. The Hall–Kier alpha value is -2.85. The number of halogens is 1. The lowest BCUT2D eigenvalue weighted by atomic mass is 10.1. The Bertz CT molecular complexity index is 818. The van der Waals surface area contributed by atoms with Crippen LogP contribution in [0.15, 0.2) is 48.5 Å². The molecule has 2 rings (SSSR count). The zero-order valence-corrected chi connectivity index (χ0v) is 14.9. The van der Waals surface area contributed by atoms with Crippen LogP contribution in [0.1, 0.15) is 18.1 Å². The number of nitrogens with one attached hydrogen (secondary N) is 1. The number of nitrogens with zero attached hydrogens (tertiary/aromatic N) is 1. The quantitative estimate of drug-likeness (QED) is 0.753. The molecule has 134 valence electrons. The van der Waals surface area contributed by atoms with Crippen LogP contribution in [0.2, 0.25) is 0 Å². The fourth-order valence-electron chi connectivity index (χ4n) is 2.00. The second kappa shape index (κ2) is 9.59. The lowest BCUT2D eigenvalue weighted by Crippen LogP contribution is -2.21. The maximum atomic E-state index is 12.8. The third-order valence-electron chi connectivity index (χ3n) is 3.36. The number of ether oxygens (including phenoxy) is 1. The third-order valence-corrected chi connectivity index (χ3v) is 4.48. The number of rotatable bonds is 7. The number of thioether (sulfide) groups is 1. The van der Waals surface area contributed by atoms with Gasteiger partial charge in [-0.15, -0.1) is 11.8 Å². The monoisotopic (exact) mass is 372 g/mol. The summed E-state index contributed by atoms with van der Waals surface area (Å²) in [6.45, 7) is 1.73. The van der Waals surface area contributed by atoms with E-state index < -0.39 is 11.2 Å². The minimum absolute atomic E-state index is 0.0670. The van der Waals surface area contributed by atoms with E-state index in [9.17, 15) is 14.0 Å². The summed E-state index contributed by atoms with van der Waals surface area (Å²) >= 11 is 1.14. The van der Waals surface area contributed by atoms with Crippen LogP contribution < -0.4 is 5.32 Å². The number of carbonyl (C=O) groups excluding carboxylic acids is 2. The van der Waals surface area contributed by atoms with E-state index in [1.807, 2.05) is 6.07 Å². The summed E-state index contributed by atoms with van der Waals surface area (Å²) < 4.78 is 18.0. The van der Waals surface area contributed by atoms with Crippen molar-refractivity contribution in [1.29, 1.82) is 5.26 Å². The van der Waals surface area contributed by atoms with Gasteiger partial charge >= 0.3 is 5.97 Å². The molecule has 2 aromatic carbocycles. The second-order valence-electron chi connectivity index (χ2n) is 5.43. The van der Waals surface area contributed by atoms with Gasteiger partial charge in [0.2, 0.25) is 5.91 Å². The Morgan fingerprint density at radius 2 is 2.00 bits per heavy atom. The van der Waals surface area contributed by atoms with E-state index in [1.54, 1.807) is 31.2 Å². The van der Waals surface area contributed by atoms with Gasteiger partial charge in [-0.3, -0.25) is 9.59 Å². The first-order valence-electron chi connectivity index (χ1n) is 7.80. The molecule has 0 radical (unpaired) electrons. The van der Waals surface area contributed by atoms with E-state index in [0.29, 0.717) is 11.3 Å². The summed E-state index contributed by atoms with van der Waals surface area (Å²) in [6.07, 6.45) is 0. The molecule has 0 heterocycles. The Morgan fingerprint density at radius 3 is 2.69 bits per heavy atom. The normalized spacial score (nSPS) is 11.3. The van der Waals surface area contributed by atoms with Gasteiger partial charge in [0.1, 0.15) is 17.7 Å². The van der Waals surface area contributed by atoms with Crippen molar-refractivity contribution < 1.29 is 18.7 Å². The van der Waals surface area contributed by atoms with Crippen molar-refractivity contribution in [3.05, 3.63) is 65.5 Å². The van der Waals surface area contributed by atoms with Gasteiger partial charge in [-0.25, -0.2) is 4.39 Å². The molecule has 1 amide bonds. The molecule has 0 spiro atoms. The highest BCUT2D eigenvalue weighted by atomic mass is 32.2. The van der Waals surface area contributed by atoms with Crippen molar-refractivity contribution in [2.24, 2.45) is 0 Å². The van der Waals surface area contributed by atoms with Gasteiger partial charge in [0, 0.05) is 5.69 Å². The standard InChI is InChI=1S/C19H17FN2O3S/c1-13(19(24)25-11-15-4-2-3-14(9-15)10-21)26-12-18(23)22-17-7-5-16(20)6-8-17/h2-9,13H,11-12H2,1H3,(H,22,23). The van der Waals surface area contributed by atoms with Crippen molar-refractivity contribution in [2.75, 3.05) is 11.1 Å².